The number of para-hydroxylation sites is 4. The van der Waals surface area contributed by atoms with Crippen LogP contribution < -0.4 is 0 Å². The maximum Gasteiger partial charge on any atom is 0.164 e. The lowest BCUT2D eigenvalue weighted by atomic mass is 10.00. The van der Waals surface area contributed by atoms with E-state index in [1.807, 2.05) is 62.4 Å². The summed E-state index contributed by atoms with van der Waals surface area (Å²) in [5.74, 6) is 1.91. The first-order chi connectivity index (χ1) is 25.7. The Balaban J connectivity index is 1.25. The normalized spacial score (nSPS) is 12.5. The molecule has 10 aromatic rings. The van der Waals surface area contributed by atoms with E-state index in [-0.39, 0.29) is 0 Å². The average molecular weight is 669 g/mol. The molecule has 0 saturated heterocycles. The standard InChI is InChI=1S/C46H32N6/c1-3-15-29(4-2)43-48-44(30-16-6-5-7-17-30)50-45(49-43)31-18-14-19-32(28-31)51-37-23-11-9-21-34(37)42-40(51)27-26-35-41(42)33-20-8-12-24-38(33)52-39-25-13-10-22-36(39)47-46(35)52/h3-28H,1-2H3/b15-3-,29-4+. The van der Waals surface area contributed by atoms with Crippen LogP contribution in [0.5, 0.6) is 0 Å². The molecule has 0 aliphatic rings. The summed E-state index contributed by atoms with van der Waals surface area (Å²) in [5.41, 5.74) is 10.3. The highest BCUT2D eigenvalue weighted by Crippen LogP contribution is 2.42. The van der Waals surface area contributed by atoms with Crippen LogP contribution in [0, 0.1) is 0 Å². The van der Waals surface area contributed by atoms with Crippen molar-refractivity contribution in [1.82, 2.24) is 28.9 Å². The Hall–Kier alpha value is -6.92. The molecular weight excluding hydrogens is 637 g/mol. The van der Waals surface area contributed by atoms with Crippen LogP contribution >= 0.6 is 0 Å². The van der Waals surface area contributed by atoms with Crippen LogP contribution in [0.4, 0.5) is 0 Å². The minimum Gasteiger partial charge on any atom is -0.309 e. The number of fused-ring (bicyclic) bond motifs is 12. The van der Waals surface area contributed by atoms with E-state index in [9.17, 15) is 0 Å². The molecule has 0 bridgehead atoms. The van der Waals surface area contributed by atoms with Gasteiger partial charge in [0.1, 0.15) is 5.65 Å². The SMILES string of the molecule is C/C=C\C(=C/C)c1nc(-c2ccccc2)nc(-c2cccc(-n3c4ccccc4c4c5c6ccccc6n6c7ccccc7nc6c5ccc43)c2)n1. The van der Waals surface area contributed by atoms with Gasteiger partial charge in [-0.05, 0) is 62.4 Å². The molecule has 246 valence electrons. The summed E-state index contributed by atoms with van der Waals surface area (Å²) in [7, 11) is 0. The second kappa shape index (κ2) is 11.9. The average Bonchev–Trinajstić information content (AvgIpc) is 3.77. The van der Waals surface area contributed by atoms with Crippen LogP contribution in [0.1, 0.15) is 19.7 Å². The molecule has 6 nitrogen and oxygen atoms in total. The number of hydrogen-bond donors (Lipinski definition) is 0. The van der Waals surface area contributed by atoms with Gasteiger partial charge < -0.3 is 4.57 Å². The van der Waals surface area contributed by atoms with Crippen LogP contribution in [0.2, 0.25) is 0 Å². The van der Waals surface area contributed by atoms with Gasteiger partial charge in [0.15, 0.2) is 17.5 Å². The summed E-state index contributed by atoms with van der Waals surface area (Å²) in [6.45, 7) is 4.02. The van der Waals surface area contributed by atoms with Crippen molar-refractivity contribution < 1.29 is 0 Å². The van der Waals surface area contributed by atoms with Crippen LogP contribution in [-0.2, 0) is 0 Å². The van der Waals surface area contributed by atoms with Crippen molar-refractivity contribution in [2.45, 2.75) is 13.8 Å². The second-order valence-corrected chi connectivity index (χ2v) is 13.0. The van der Waals surface area contributed by atoms with E-state index in [4.69, 9.17) is 19.9 Å². The molecule has 4 aromatic heterocycles. The zero-order valence-electron chi connectivity index (χ0n) is 28.7. The van der Waals surface area contributed by atoms with Crippen molar-refractivity contribution in [1.29, 1.82) is 0 Å². The van der Waals surface area contributed by atoms with Gasteiger partial charge >= 0.3 is 0 Å². The summed E-state index contributed by atoms with van der Waals surface area (Å²) in [5, 5.41) is 5.94. The predicted molar refractivity (Wildman–Crippen MR) is 215 cm³/mol. The molecule has 0 N–H and O–H groups in total. The van der Waals surface area contributed by atoms with E-state index >= 15 is 0 Å². The fourth-order valence-corrected chi connectivity index (χ4v) is 7.75. The number of aromatic nitrogens is 6. The Labute approximate surface area is 299 Å². The molecule has 6 heteroatoms. The molecule has 0 radical (unpaired) electrons. The zero-order chi connectivity index (χ0) is 34.8. The van der Waals surface area contributed by atoms with E-state index in [1.54, 1.807) is 0 Å². The third-order valence-electron chi connectivity index (χ3n) is 10.00. The van der Waals surface area contributed by atoms with Gasteiger partial charge in [0.05, 0.1) is 27.6 Å². The Bertz CT molecular complexity index is 3090. The van der Waals surface area contributed by atoms with Crippen molar-refractivity contribution in [3.63, 3.8) is 0 Å². The van der Waals surface area contributed by atoms with Gasteiger partial charge in [0.25, 0.3) is 0 Å². The van der Waals surface area contributed by atoms with Gasteiger partial charge in [-0.2, -0.15) is 0 Å². The highest BCUT2D eigenvalue weighted by molar-refractivity contribution is 6.30. The smallest absolute Gasteiger partial charge is 0.164 e. The predicted octanol–water partition coefficient (Wildman–Crippen LogP) is 11.4. The first kappa shape index (κ1) is 29.9. The van der Waals surface area contributed by atoms with Gasteiger partial charge in [-0.1, -0.05) is 109 Å². The number of allylic oxidation sites excluding steroid dienone is 4. The van der Waals surface area contributed by atoms with Gasteiger partial charge in [0, 0.05) is 49.3 Å². The third-order valence-corrected chi connectivity index (χ3v) is 10.00. The second-order valence-electron chi connectivity index (χ2n) is 13.0. The minimum atomic E-state index is 0.625. The molecule has 6 aromatic carbocycles. The fourth-order valence-electron chi connectivity index (χ4n) is 7.75. The highest BCUT2D eigenvalue weighted by atomic mass is 15.0. The number of nitrogens with zero attached hydrogens (tertiary/aromatic N) is 6. The summed E-state index contributed by atoms with van der Waals surface area (Å²) in [6, 6.07) is 48.9. The minimum absolute atomic E-state index is 0.625. The molecule has 0 spiro atoms. The topological polar surface area (TPSA) is 60.9 Å². The van der Waals surface area contributed by atoms with E-state index in [0.29, 0.717) is 17.5 Å². The van der Waals surface area contributed by atoms with Crippen LogP contribution in [0.3, 0.4) is 0 Å². The van der Waals surface area contributed by atoms with Gasteiger partial charge in [-0.3, -0.25) is 4.40 Å². The maximum atomic E-state index is 5.19. The Morgan fingerprint density at radius 3 is 1.98 bits per heavy atom. The molecular formula is C46H32N6. The molecule has 0 aliphatic heterocycles. The Kier molecular flexibility index (Phi) is 6.83. The Morgan fingerprint density at radius 2 is 1.19 bits per heavy atom. The lowest BCUT2D eigenvalue weighted by molar-refractivity contribution is 1.03. The lowest BCUT2D eigenvalue weighted by Crippen LogP contribution is -2.03. The molecule has 0 fully saturated rings. The molecule has 4 heterocycles. The number of pyridine rings is 1. The Morgan fingerprint density at radius 1 is 0.519 bits per heavy atom. The van der Waals surface area contributed by atoms with Crippen LogP contribution in [-0.4, -0.2) is 28.9 Å². The van der Waals surface area contributed by atoms with Crippen molar-refractivity contribution in [3.8, 4) is 28.5 Å². The van der Waals surface area contributed by atoms with Gasteiger partial charge in [0.2, 0.25) is 0 Å². The van der Waals surface area contributed by atoms with Gasteiger partial charge in [-0.15, -0.1) is 0 Å². The van der Waals surface area contributed by atoms with Crippen molar-refractivity contribution in [2.24, 2.45) is 0 Å². The van der Waals surface area contributed by atoms with E-state index in [1.165, 1.54) is 21.5 Å². The zero-order valence-corrected chi connectivity index (χ0v) is 28.7. The summed E-state index contributed by atoms with van der Waals surface area (Å²) in [4.78, 5) is 20.1. The lowest BCUT2D eigenvalue weighted by Gasteiger charge is -2.13. The van der Waals surface area contributed by atoms with Crippen LogP contribution in [0.25, 0.3) is 94.2 Å². The molecule has 0 saturated carbocycles. The van der Waals surface area contributed by atoms with Crippen molar-refractivity contribution in [3.05, 3.63) is 164 Å². The first-order valence-corrected chi connectivity index (χ1v) is 17.6. The van der Waals surface area contributed by atoms with E-state index in [0.717, 1.165) is 61.0 Å². The summed E-state index contributed by atoms with van der Waals surface area (Å²) in [6.07, 6.45) is 6.09. The number of imidazole rings is 1. The van der Waals surface area contributed by atoms with E-state index < -0.39 is 0 Å². The molecule has 0 atom stereocenters. The fraction of sp³-hybridized carbons (Fsp3) is 0.0435. The summed E-state index contributed by atoms with van der Waals surface area (Å²) >= 11 is 0. The monoisotopic (exact) mass is 668 g/mol. The molecule has 0 unspecified atom stereocenters. The largest absolute Gasteiger partial charge is 0.309 e. The molecule has 0 amide bonds. The number of rotatable bonds is 5. The van der Waals surface area contributed by atoms with Gasteiger partial charge in [-0.25, -0.2) is 19.9 Å². The van der Waals surface area contributed by atoms with Crippen molar-refractivity contribution >= 4 is 65.7 Å². The number of hydrogen-bond acceptors (Lipinski definition) is 4. The van der Waals surface area contributed by atoms with E-state index in [2.05, 4.69) is 118 Å². The van der Waals surface area contributed by atoms with Crippen molar-refractivity contribution in [2.75, 3.05) is 0 Å². The summed E-state index contributed by atoms with van der Waals surface area (Å²) < 4.78 is 4.68. The number of benzene rings is 6. The molecule has 10 rings (SSSR count). The molecule has 52 heavy (non-hydrogen) atoms. The highest BCUT2D eigenvalue weighted by Gasteiger charge is 2.21. The third kappa shape index (κ3) is 4.51. The molecule has 0 aliphatic carbocycles. The maximum absolute atomic E-state index is 5.19. The first-order valence-electron chi connectivity index (χ1n) is 17.6. The van der Waals surface area contributed by atoms with Crippen LogP contribution in [0.15, 0.2) is 158 Å². The quantitative estimate of drug-likeness (QED) is 0.135.